The summed E-state index contributed by atoms with van der Waals surface area (Å²) in [5.74, 6) is 0.906. The molecule has 1 fully saturated rings. The molecule has 0 aliphatic carbocycles. The quantitative estimate of drug-likeness (QED) is 0.563. The zero-order chi connectivity index (χ0) is 18.9. The summed E-state index contributed by atoms with van der Waals surface area (Å²) in [4.78, 5) is 16.8. The molecule has 0 bridgehead atoms. The standard InChI is InChI=1S/C24H31NO2/c1-19-6-2-3-9-22(19)10-4-8-21-12-13-23(25-18-21)24(26)11-5-7-20-14-16-27-17-15-20/h2-3,6,9,12-13,18,20H,4-5,7-8,10-11,14-17H2,1H3. The first-order chi connectivity index (χ1) is 13.2. The Kier molecular flexibility index (Phi) is 7.58. The fraction of sp³-hybridized carbons (Fsp3) is 0.500. The van der Waals surface area contributed by atoms with E-state index >= 15 is 0 Å². The Hall–Kier alpha value is -2.00. The van der Waals surface area contributed by atoms with Crippen LogP contribution in [0.2, 0.25) is 0 Å². The van der Waals surface area contributed by atoms with Crippen LogP contribution in [0.1, 0.15) is 65.7 Å². The second-order valence-corrected chi connectivity index (χ2v) is 7.70. The molecule has 0 spiro atoms. The van der Waals surface area contributed by atoms with Crippen LogP contribution >= 0.6 is 0 Å². The first kappa shape index (κ1) is 19.8. The molecule has 0 amide bonds. The number of carbonyl (C=O) groups is 1. The van der Waals surface area contributed by atoms with Crippen molar-refractivity contribution < 1.29 is 9.53 Å². The number of aromatic nitrogens is 1. The molecule has 0 radical (unpaired) electrons. The van der Waals surface area contributed by atoms with Crippen LogP contribution in [0, 0.1) is 12.8 Å². The number of hydrogen-bond acceptors (Lipinski definition) is 3. The number of ether oxygens (including phenoxy) is 1. The lowest BCUT2D eigenvalue weighted by Gasteiger charge is -2.21. The van der Waals surface area contributed by atoms with Gasteiger partial charge in [0.15, 0.2) is 5.78 Å². The Morgan fingerprint density at radius 1 is 1.07 bits per heavy atom. The van der Waals surface area contributed by atoms with Crippen molar-refractivity contribution in [1.29, 1.82) is 0 Å². The largest absolute Gasteiger partial charge is 0.381 e. The summed E-state index contributed by atoms with van der Waals surface area (Å²) in [5.41, 5.74) is 4.60. The molecular formula is C24H31NO2. The van der Waals surface area contributed by atoms with Crippen LogP contribution < -0.4 is 0 Å². The molecule has 2 heterocycles. The highest BCUT2D eigenvalue weighted by Crippen LogP contribution is 2.21. The van der Waals surface area contributed by atoms with Crippen LogP contribution in [0.15, 0.2) is 42.6 Å². The van der Waals surface area contributed by atoms with Gasteiger partial charge >= 0.3 is 0 Å². The average Bonchev–Trinajstić information content (AvgIpc) is 2.71. The molecule has 1 aromatic heterocycles. The van der Waals surface area contributed by atoms with E-state index in [1.54, 1.807) is 0 Å². The molecule has 0 saturated carbocycles. The normalized spacial score (nSPS) is 15.0. The zero-order valence-electron chi connectivity index (χ0n) is 16.5. The lowest BCUT2D eigenvalue weighted by molar-refractivity contribution is 0.0629. The van der Waals surface area contributed by atoms with Gasteiger partial charge < -0.3 is 4.74 Å². The Morgan fingerprint density at radius 3 is 2.63 bits per heavy atom. The van der Waals surface area contributed by atoms with Gasteiger partial charge in [0, 0.05) is 25.8 Å². The van der Waals surface area contributed by atoms with Crippen molar-refractivity contribution in [2.24, 2.45) is 5.92 Å². The average molecular weight is 366 g/mol. The lowest BCUT2D eigenvalue weighted by atomic mass is 9.93. The lowest BCUT2D eigenvalue weighted by Crippen LogP contribution is -2.15. The summed E-state index contributed by atoms with van der Waals surface area (Å²) in [7, 11) is 0. The fourth-order valence-electron chi connectivity index (χ4n) is 3.83. The summed E-state index contributed by atoms with van der Waals surface area (Å²) in [5, 5.41) is 0. The Balaban J connectivity index is 1.39. The number of hydrogen-bond donors (Lipinski definition) is 0. The van der Waals surface area contributed by atoms with Gasteiger partial charge in [0.2, 0.25) is 0 Å². The minimum absolute atomic E-state index is 0.175. The van der Waals surface area contributed by atoms with Crippen LogP contribution in [0.25, 0.3) is 0 Å². The highest BCUT2D eigenvalue weighted by Gasteiger charge is 2.15. The zero-order valence-corrected chi connectivity index (χ0v) is 16.5. The van der Waals surface area contributed by atoms with Crippen molar-refractivity contribution in [1.82, 2.24) is 4.98 Å². The fourth-order valence-corrected chi connectivity index (χ4v) is 3.83. The molecule has 3 heteroatoms. The number of aryl methyl sites for hydroxylation is 3. The third kappa shape index (κ3) is 6.28. The van der Waals surface area contributed by atoms with Crippen LogP contribution in [0.3, 0.4) is 0 Å². The molecular weight excluding hydrogens is 334 g/mol. The number of carbonyl (C=O) groups excluding carboxylic acids is 1. The third-order valence-electron chi connectivity index (χ3n) is 5.64. The summed E-state index contributed by atoms with van der Waals surface area (Å²) >= 11 is 0. The van der Waals surface area contributed by atoms with Gasteiger partial charge in [-0.25, -0.2) is 0 Å². The number of nitrogens with zero attached hydrogens (tertiary/aromatic N) is 1. The smallest absolute Gasteiger partial charge is 0.181 e. The monoisotopic (exact) mass is 365 g/mol. The van der Waals surface area contributed by atoms with Gasteiger partial charge in [-0.2, -0.15) is 0 Å². The van der Waals surface area contributed by atoms with Gasteiger partial charge in [-0.1, -0.05) is 30.3 Å². The Bertz CT molecular complexity index is 717. The Labute approximate surface area is 163 Å². The maximum atomic E-state index is 12.3. The van der Waals surface area contributed by atoms with Crippen molar-refractivity contribution in [3.63, 3.8) is 0 Å². The maximum Gasteiger partial charge on any atom is 0.181 e. The number of Topliss-reactive ketones (excluding diaryl/α,β-unsaturated/α-hetero) is 1. The molecule has 1 aliphatic heterocycles. The van der Waals surface area contributed by atoms with Crippen LogP contribution in [-0.4, -0.2) is 24.0 Å². The van der Waals surface area contributed by atoms with E-state index in [1.165, 1.54) is 16.7 Å². The van der Waals surface area contributed by atoms with Gasteiger partial charge in [0.1, 0.15) is 5.69 Å². The molecule has 1 aliphatic rings. The number of benzene rings is 1. The molecule has 0 N–H and O–H groups in total. The number of pyridine rings is 1. The molecule has 27 heavy (non-hydrogen) atoms. The van der Waals surface area contributed by atoms with Crippen LogP contribution in [0.4, 0.5) is 0 Å². The SMILES string of the molecule is Cc1ccccc1CCCc1ccc(C(=O)CCCC2CCOCC2)nc1. The topological polar surface area (TPSA) is 39.2 Å². The van der Waals surface area contributed by atoms with Crippen molar-refractivity contribution in [2.45, 2.75) is 58.3 Å². The molecule has 2 aromatic rings. The second kappa shape index (κ2) is 10.4. The van der Waals surface area contributed by atoms with E-state index in [1.807, 2.05) is 12.3 Å². The summed E-state index contributed by atoms with van der Waals surface area (Å²) in [6.45, 7) is 3.93. The summed E-state index contributed by atoms with van der Waals surface area (Å²) < 4.78 is 5.39. The molecule has 144 valence electrons. The predicted molar refractivity (Wildman–Crippen MR) is 109 cm³/mol. The number of rotatable bonds is 9. The first-order valence-corrected chi connectivity index (χ1v) is 10.3. The minimum Gasteiger partial charge on any atom is -0.381 e. The molecule has 0 atom stereocenters. The van der Waals surface area contributed by atoms with Gasteiger partial charge in [-0.3, -0.25) is 9.78 Å². The van der Waals surface area contributed by atoms with Gasteiger partial charge in [0.25, 0.3) is 0 Å². The van der Waals surface area contributed by atoms with Crippen molar-refractivity contribution in [3.05, 3.63) is 65.0 Å². The second-order valence-electron chi connectivity index (χ2n) is 7.70. The van der Waals surface area contributed by atoms with E-state index < -0.39 is 0 Å². The van der Waals surface area contributed by atoms with E-state index in [-0.39, 0.29) is 5.78 Å². The van der Waals surface area contributed by atoms with Crippen molar-refractivity contribution in [2.75, 3.05) is 13.2 Å². The minimum atomic E-state index is 0.175. The van der Waals surface area contributed by atoms with E-state index in [2.05, 4.69) is 42.2 Å². The van der Waals surface area contributed by atoms with E-state index in [0.717, 1.165) is 64.1 Å². The summed E-state index contributed by atoms with van der Waals surface area (Å²) in [6, 6.07) is 12.5. The van der Waals surface area contributed by atoms with Crippen LogP contribution in [-0.2, 0) is 17.6 Å². The molecule has 3 rings (SSSR count). The maximum absolute atomic E-state index is 12.3. The molecule has 0 unspecified atom stereocenters. The predicted octanol–water partition coefficient (Wildman–Crippen LogP) is 5.34. The van der Waals surface area contributed by atoms with E-state index in [4.69, 9.17) is 4.74 Å². The third-order valence-corrected chi connectivity index (χ3v) is 5.64. The summed E-state index contributed by atoms with van der Waals surface area (Å²) in [6.07, 6.45) is 10.0. The van der Waals surface area contributed by atoms with Gasteiger partial charge in [-0.05, 0) is 80.5 Å². The first-order valence-electron chi connectivity index (χ1n) is 10.3. The van der Waals surface area contributed by atoms with E-state index in [0.29, 0.717) is 12.1 Å². The highest BCUT2D eigenvalue weighted by molar-refractivity contribution is 5.94. The Morgan fingerprint density at radius 2 is 1.89 bits per heavy atom. The van der Waals surface area contributed by atoms with Gasteiger partial charge in [0.05, 0.1) is 0 Å². The molecule has 3 nitrogen and oxygen atoms in total. The molecule has 1 aromatic carbocycles. The van der Waals surface area contributed by atoms with Gasteiger partial charge in [-0.15, -0.1) is 0 Å². The highest BCUT2D eigenvalue weighted by atomic mass is 16.5. The number of ketones is 1. The van der Waals surface area contributed by atoms with Crippen LogP contribution in [0.5, 0.6) is 0 Å². The van der Waals surface area contributed by atoms with Crippen molar-refractivity contribution in [3.8, 4) is 0 Å². The molecule has 1 saturated heterocycles. The van der Waals surface area contributed by atoms with E-state index in [9.17, 15) is 4.79 Å². The van der Waals surface area contributed by atoms with Crippen molar-refractivity contribution >= 4 is 5.78 Å².